The molecule has 0 aromatic carbocycles. The molecule has 102 valence electrons. The molecule has 1 aliphatic rings. The first-order valence-electron chi connectivity index (χ1n) is 6.75. The Labute approximate surface area is 113 Å². The first kappa shape index (κ1) is 13.7. The van der Waals surface area contributed by atoms with Crippen LogP contribution in [0.15, 0.2) is 0 Å². The summed E-state index contributed by atoms with van der Waals surface area (Å²) in [4.78, 5) is 4.87. The molecule has 18 heavy (non-hydrogen) atoms. The summed E-state index contributed by atoms with van der Waals surface area (Å²) in [6, 6.07) is 0. The lowest BCUT2D eigenvalue weighted by molar-refractivity contribution is 0.251. The van der Waals surface area contributed by atoms with Gasteiger partial charge in [0.2, 0.25) is 0 Å². The highest BCUT2D eigenvalue weighted by atomic mass is 32.1. The summed E-state index contributed by atoms with van der Waals surface area (Å²) in [7, 11) is 2.16. The minimum absolute atomic E-state index is 0.882. The van der Waals surface area contributed by atoms with Gasteiger partial charge < -0.3 is 10.2 Å². The van der Waals surface area contributed by atoms with Crippen LogP contribution in [0, 0.1) is 0 Å². The van der Waals surface area contributed by atoms with Crippen molar-refractivity contribution in [2.75, 3.05) is 45.1 Å². The highest BCUT2D eigenvalue weighted by Gasteiger charge is 2.13. The lowest BCUT2D eigenvalue weighted by Crippen LogP contribution is -2.31. The summed E-state index contributed by atoms with van der Waals surface area (Å²) in [5, 5.41) is 8.64. The largest absolute Gasteiger partial charge is 0.374 e. The zero-order valence-corrected chi connectivity index (χ0v) is 12.2. The molecule has 1 aromatic heterocycles. The third-order valence-electron chi connectivity index (χ3n) is 3.31. The van der Waals surface area contributed by atoms with Gasteiger partial charge in [0.25, 0.3) is 0 Å². The molecular formula is C12H23N5S. The zero-order chi connectivity index (χ0) is 12.8. The van der Waals surface area contributed by atoms with E-state index in [1.54, 1.807) is 0 Å². The third kappa shape index (κ3) is 3.90. The maximum Gasteiger partial charge on any atom is 0.134 e. The quantitative estimate of drug-likeness (QED) is 0.812. The van der Waals surface area contributed by atoms with Gasteiger partial charge in [-0.1, -0.05) is 4.49 Å². The molecule has 0 saturated carbocycles. The fourth-order valence-electron chi connectivity index (χ4n) is 2.26. The minimum Gasteiger partial charge on any atom is -0.374 e. The van der Waals surface area contributed by atoms with Gasteiger partial charge in [0.1, 0.15) is 10.7 Å². The fourth-order valence-corrected chi connectivity index (χ4v) is 2.90. The van der Waals surface area contributed by atoms with Crippen molar-refractivity contribution in [2.24, 2.45) is 0 Å². The maximum absolute atomic E-state index is 4.21. The number of aromatic nitrogens is 2. The number of likely N-dealkylation sites (tertiary alicyclic amines) is 1. The molecule has 1 N–H and O–H groups in total. The van der Waals surface area contributed by atoms with E-state index in [0.29, 0.717) is 0 Å². The number of nitrogens with zero attached hydrogens (tertiary/aromatic N) is 4. The average molecular weight is 269 g/mol. The number of nitrogens with one attached hydrogen (secondary N) is 1. The van der Waals surface area contributed by atoms with Crippen molar-refractivity contribution in [3.63, 3.8) is 0 Å². The summed E-state index contributed by atoms with van der Waals surface area (Å²) >= 11 is 1.45. The van der Waals surface area contributed by atoms with Gasteiger partial charge in [-0.15, -0.1) is 5.10 Å². The van der Waals surface area contributed by atoms with E-state index in [-0.39, 0.29) is 0 Å². The number of hydrogen-bond donors (Lipinski definition) is 1. The van der Waals surface area contributed by atoms with Gasteiger partial charge in [0.15, 0.2) is 0 Å². The van der Waals surface area contributed by atoms with E-state index in [1.807, 2.05) is 0 Å². The molecule has 0 unspecified atom stereocenters. The van der Waals surface area contributed by atoms with Gasteiger partial charge in [0.05, 0.1) is 0 Å². The van der Waals surface area contributed by atoms with Crippen molar-refractivity contribution in [2.45, 2.75) is 26.3 Å². The predicted molar refractivity (Wildman–Crippen MR) is 76.1 cm³/mol. The predicted octanol–water partition coefficient (Wildman–Crippen LogP) is 1.50. The van der Waals surface area contributed by atoms with Gasteiger partial charge in [-0.25, -0.2) is 0 Å². The van der Waals surface area contributed by atoms with Crippen molar-refractivity contribution >= 4 is 16.5 Å². The zero-order valence-electron chi connectivity index (χ0n) is 11.4. The topological polar surface area (TPSA) is 44.3 Å². The van der Waals surface area contributed by atoms with Crippen LogP contribution in [0.2, 0.25) is 0 Å². The lowest BCUT2D eigenvalue weighted by atomic mass is 10.4. The Kier molecular flexibility index (Phi) is 5.34. The third-order valence-corrected chi connectivity index (χ3v) is 4.04. The van der Waals surface area contributed by atoms with Gasteiger partial charge in [0, 0.05) is 37.7 Å². The lowest BCUT2D eigenvalue weighted by Gasteiger charge is -2.20. The Morgan fingerprint density at radius 1 is 1.39 bits per heavy atom. The summed E-state index contributed by atoms with van der Waals surface area (Å²) in [5.41, 5.74) is 1.07. The monoisotopic (exact) mass is 269 g/mol. The van der Waals surface area contributed by atoms with Crippen LogP contribution in [0.5, 0.6) is 0 Å². The molecule has 2 rings (SSSR count). The summed E-state index contributed by atoms with van der Waals surface area (Å²) in [5.74, 6) is 0. The van der Waals surface area contributed by atoms with Crippen LogP contribution in [-0.4, -0.2) is 59.2 Å². The Hall–Kier alpha value is -0.720. The normalized spacial score (nSPS) is 16.6. The molecule has 0 atom stereocenters. The van der Waals surface area contributed by atoms with E-state index in [9.17, 15) is 0 Å². The van der Waals surface area contributed by atoms with Gasteiger partial charge in [-0.2, -0.15) is 0 Å². The molecule has 1 fully saturated rings. The molecule has 0 amide bonds. The van der Waals surface area contributed by atoms with Crippen LogP contribution >= 0.6 is 11.5 Å². The summed E-state index contributed by atoms with van der Waals surface area (Å²) < 4.78 is 4.02. The van der Waals surface area contributed by atoms with Crippen molar-refractivity contribution < 1.29 is 0 Å². The molecule has 5 nitrogen and oxygen atoms in total. The van der Waals surface area contributed by atoms with Crippen LogP contribution < -0.4 is 5.32 Å². The van der Waals surface area contributed by atoms with Crippen LogP contribution in [0.1, 0.15) is 25.5 Å². The Morgan fingerprint density at radius 2 is 2.17 bits per heavy atom. The van der Waals surface area contributed by atoms with E-state index in [2.05, 4.69) is 38.7 Å². The SMILES string of the molecule is CCNc1snnc1CN(C)CCN1CCCC1. The fraction of sp³-hybridized carbons (Fsp3) is 0.833. The van der Waals surface area contributed by atoms with Crippen LogP contribution in [-0.2, 0) is 6.54 Å². The number of likely N-dealkylation sites (N-methyl/N-ethyl adjacent to an activating group) is 1. The molecule has 0 spiro atoms. The van der Waals surface area contributed by atoms with Crippen LogP contribution in [0.4, 0.5) is 5.00 Å². The first-order valence-corrected chi connectivity index (χ1v) is 7.53. The molecular weight excluding hydrogens is 246 g/mol. The highest BCUT2D eigenvalue weighted by Crippen LogP contribution is 2.18. The Morgan fingerprint density at radius 3 is 2.89 bits per heavy atom. The molecule has 0 bridgehead atoms. The van der Waals surface area contributed by atoms with Crippen LogP contribution in [0.25, 0.3) is 0 Å². The molecule has 1 saturated heterocycles. The van der Waals surface area contributed by atoms with Crippen molar-refractivity contribution in [3.05, 3.63) is 5.69 Å². The number of hydrogen-bond acceptors (Lipinski definition) is 6. The van der Waals surface area contributed by atoms with E-state index in [1.165, 1.54) is 44.0 Å². The van der Waals surface area contributed by atoms with E-state index in [0.717, 1.165) is 30.3 Å². The van der Waals surface area contributed by atoms with E-state index in [4.69, 9.17) is 0 Å². The number of rotatable bonds is 7. The van der Waals surface area contributed by atoms with E-state index < -0.39 is 0 Å². The minimum atomic E-state index is 0.882. The second-order valence-corrected chi connectivity index (χ2v) is 5.62. The van der Waals surface area contributed by atoms with Crippen molar-refractivity contribution in [1.82, 2.24) is 19.4 Å². The van der Waals surface area contributed by atoms with Gasteiger partial charge >= 0.3 is 0 Å². The molecule has 0 radical (unpaired) electrons. The van der Waals surface area contributed by atoms with Crippen molar-refractivity contribution in [3.8, 4) is 0 Å². The summed E-state index contributed by atoms with van der Waals surface area (Å²) in [6.45, 7) is 8.72. The standard InChI is InChI=1S/C12H23N5S/c1-3-13-12-11(14-15-18-12)10-16(2)8-9-17-6-4-5-7-17/h13H,3-10H2,1-2H3. The Balaban J connectivity index is 1.75. The molecule has 0 aliphatic carbocycles. The summed E-state index contributed by atoms with van der Waals surface area (Å²) in [6.07, 6.45) is 2.73. The smallest absolute Gasteiger partial charge is 0.134 e. The molecule has 1 aromatic rings. The first-order chi connectivity index (χ1) is 8.79. The molecule has 6 heteroatoms. The molecule has 2 heterocycles. The van der Waals surface area contributed by atoms with E-state index >= 15 is 0 Å². The number of anilines is 1. The highest BCUT2D eigenvalue weighted by molar-refractivity contribution is 7.10. The van der Waals surface area contributed by atoms with Gasteiger partial charge in [-0.05, 0) is 39.9 Å². The molecule has 1 aliphatic heterocycles. The second-order valence-electron chi connectivity index (χ2n) is 4.87. The van der Waals surface area contributed by atoms with Gasteiger partial charge in [-0.3, -0.25) is 4.90 Å². The maximum atomic E-state index is 4.21. The van der Waals surface area contributed by atoms with Crippen molar-refractivity contribution in [1.29, 1.82) is 0 Å². The second kappa shape index (κ2) is 7.01. The Bertz CT molecular complexity index is 348. The van der Waals surface area contributed by atoms with Crippen LogP contribution in [0.3, 0.4) is 0 Å². The average Bonchev–Trinajstić information content (AvgIpc) is 2.99.